The molecule has 1 amide bonds. The predicted molar refractivity (Wildman–Crippen MR) is 125 cm³/mol. The van der Waals surface area contributed by atoms with Crippen molar-refractivity contribution >= 4 is 44.5 Å². The second kappa shape index (κ2) is 8.94. The fourth-order valence-electron chi connectivity index (χ4n) is 3.61. The first kappa shape index (κ1) is 21.1. The number of fused-ring (bicyclic) bond motifs is 1. The number of aromatic nitrogens is 2. The Kier molecular flexibility index (Phi) is 6.29. The lowest BCUT2D eigenvalue weighted by molar-refractivity contribution is -0.119. The van der Waals surface area contributed by atoms with Gasteiger partial charge in [0.25, 0.3) is 5.56 Å². The van der Waals surface area contributed by atoms with E-state index >= 15 is 0 Å². The van der Waals surface area contributed by atoms with E-state index in [1.54, 1.807) is 10.6 Å². The van der Waals surface area contributed by atoms with Gasteiger partial charge in [-0.25, -0.2) is 4.98 Å². The molecule has 1 heterocycles. The third kappa shape index (κ3) is 4.62. The van der Waals surface area contributed by atoms with E-state index in [4.69, 9.17) is 4.98 Å². The van der Waals surface area contributed by atoms with Crippen LogP contribution in [0.3, 0.4) is 0 Å². The molecular weight excluding hydrogens is 462 g/mol. The number of thioether (sulfide) groups is 1. The third-order valence-corrected chi connectivity index (χ3v) is 7.00. The number of carbonyl (C=O) groups excluding carboxylic acids is 1. The summed E-state index contributed by atoms with van der Waals surface area (Å²) in [4.78, 5) is 30.6. The van der Waals surface area contributed by atoms with Crippen LogP contribution in [0.15, 0.2) is 63.0 Å². The summed E-state index contributed by atoms with van der Waals surface area (Å²) < 4.78 is 2.54. The van der Waals surface area contributed by atoms with E-state index in [0.717, 1.165) is 10.0 Å². The Balaban J connectivity index is 1.68. The average Bonchev–Trinajstić information content (AvgIpc) is 3.58. The summed E-state index contributed by atoms with van der Waals surface area (Å²) in [6, 6.07) is 15.4. The normalized spacial score (nSPS) is 15.7. The maximum Gasteiger partial charge on any atom is 0.262 e. The number of hydrogen-bond acceptors (Lipinski definition) is 4. The number of amides is 1. The number of benzene rings is 2. The van der Waals surface area contributed by atoms with Gasteiger partial charge in [-0.3, -0.25) is 14.2 Å². The van der Waals surface area contributed by atoms with Crippen molar-refractivity contribution in [3.05, 3.63) is 68.9 Å². The lowest BCUT2D eigenvalue weighted by atomic mass is 10.1. The number of halogens is 1. The zero-order chi connectivity index (χ0) is 21.3. The fourth-order valence-corrected chi connectivity index (χ4v) is 4.86. The highest BCUT2D eigenvalue weighted by molar-refractivity contribution is 9.10. The van der Waals surface area contributed by atoms with Crippen LogP contribution in [-0.4, -0.2) is 27.3 Å². The van der Waals surface area contributed by atoms with Crippen molar-refractivity contribution in [2.45, 2.75) is 43.9 Å². The topological polar surface area (TPSA) is 64.0 Å². The molecule has 7 heteroatoms. The van der Waals surface area contributed by atoms with Crippen LogP contribution in [0.5, 0.6) is 0 Å². The summed E-state index contributed by atoms with van der Waals surface area (Å²) in [7, 11) is 0. The molecule has 2 aromatic carbocycles. The maximum atomic E-state index is 13.4. The van der Waals surface area contributed by atoms with Gasteiger partial charge in [-0.15, -0.1) is 0 Å². The molecule has 30 heavy (non-hydrogen) atoms. The van der Waals surface area contributed by atoms with E-state index in [1.165, 1.54) is 24.6 Å². The largest absolute Gasteiger partial charge is 0.353 e. The molecule has 1 fully saturated rings. The zero-order valence-electron chi connectivity index (χ0n) is 17.0. The predicted octanol–water partition coefficient (Wildman–Crippen LogP) is 4.78. The molecule has 0 bridgehead atoms. The van der Waals surface area contributed by atoms with E-state index in [-0.39, 0.29) is 29.3 Å². The van der Waals surface area contributed by atoms with Gasteiger partial charge in [-0.2, -0.15) is 0 Å². The van der Waals surface area contributed by atoms with Gasteiger partial charge < -0.3 is 5.32 Å². The number of carbonyl (C=O) groups is 1. The second-order valence-electron chi connectivity index (χ2n) is 7.80. The summed E-state index contributed by atoms with van der Waals surface area (Å²) >= 11 is 4.76. The molecular formula is C23H24BrN3O2S. The Labute approximate surface area is 188 Å². The summed E-state index contributed by atoms with van der Waals surface area (Å²) in [5.41, 5.74) is 1.55. The molecule has 2 atom stereocenters. The summed E-state index contributed by atoms with van der Waals surface area (Å²) in [6.07, 6.45) is 2.37. The molecule has 1 saturated carbocycles. The number of nitrogens with zero attached hydrogens (tertiary/aromatic N) is 2. The van der Waals surface area contributed by atoms with Gasteiger partial charge in [-0.05, 0) is 56.4 Å². The van der Waals surface area contributed by atoms with Crippen LogP contribution >= 0.6 is 27.7 Å². The molecule has 0 saturated heterocycles. The minimum atomic E-state index is -0.203. The highest BCUT2D eigenvalue weighted by Crippen LogP contribution is 2.32. The summed E-state index contributed by atoms with van der Waals surface area (Å²) in [6.45, 7) is 4.04. The van der Waals surface area contributed by atoms with Crippen LogP contribution in [-0.2, 0) is 4.79 Å². The van der Waals surface area contributed by atoms with Gasteiger partial charge in [0, 0.05) is 10.5 Å². The molecule has 156 valence electrons. The maximum absolute atomic E-state index is 13.4. The Hall–Kier alpha value is -2.12. The first-order valence-corrected chi connectivity index (χ1v) is 11.9. The molecule has 1 N–H and O–H groups in total. The van der Waals surface area contributed by atoms with Gasteiger partial charge in [0.05, 0.1) is 22.7 Å². The molecule has 0 spiro atoms. The average molecular weight is 486 g/mol. The van der Waals surface area contributed by atoms with Crippen molar-refractivity contribution in [3.8, 4) is 0 Å². The molecule has 4 rings (SSSR count). The van der Waals surface area contributed by atoms with Crippen molar-refractivity contribution in [2.75, 3.05) is 5.75 Å². The van der Waals surface area contributed by atoms with Crippen molar-refractivity contribution in [3.63, 3.8) is 0 Å². The molecule has 1 aromatic heterocycles. The second-order valence-corrected chi connectivity index (χ2v) is 9.66. The molecule has 2 unspecified atom stereocenters. The molecule has 1 aliphatic rings. The number of nitrogens with one attached hydrogen (secondary N) is 1. The Bertz CT molecular complexity index is 1130. The van der Waals surface area contributed by atoms with E-state index in [0.29, 0.717) is 22.0 Å². The summed E-state index contributed by atoms with van der Waals surface area (Å²) in [5.74, 6) is 0.809. The highest BCUT2D eigenvalue weighted by atomic mass is 79.9. The highest BCUT2D eigenvalue weighted by Gasteiger charge is 2.29. The fraction of sp³-hybridized carbons (Fsp3) is 0.348. The zero-order valence-corrected chi connectivity index (χ0v) is 19.4. The molecule has 3 aromatic rings. The van der Waals surface area contributed by atoms with Crippen molar-refractivity contribution in [1.29, 1.82) is 0 Å². The standard InChI is InChI=1S/C23H24BrN3O2S/c1-14(16-8-9-16)25-21(28)13-30-23-26-20-11-10-18(24)12-19(20)22(29)27(23)15(2)17-6-4-3-5-7-17/h3-7,10-12,14-16H,8-9,13H2,1-2H3,(H,25,28). The van der Waals surface area contributed by atoms with Gasteiger partial charge in [0.2, 0.25) is 5.91 Å². The van der Waals surface area contributed by atoms with Crippen molar-refractivity contribution in [1.82, 2.24) is 14.9 Å². The van der Waals surface area contributed by atoms with Gasteiger partial charge in [0.1, 0.15) is 0 Å². The Morgan fingerprint density at radius 2 is 1.97 bits per heavy atom. The Morgan fingerprint density at radius 3 is 2.67 bits per heavy atom. The minimum Gasteiger partial charge on any atom is -0.353 e. The van der Waals surface area contributed by atoms with Crippen LogP contribution in [0.2, 0.25) is 0 Å². The van der Waals surface area contributed by atoms with Crippen molar-refractivity contribution in [2.24, 2.45) is 5.92 Å². The molecule has 0 aliphatic heterocycles. The monoisotopic (exact) mass is 485 g/mol. The smallest absolute Gasteiger partial charge is 0.262 e. The van der Waals surface area contributed by atoms with Crippen LogP contribution in [0.4, 0.5) is 0 Å². The van der Waals surface area contributed by atoms with Gasteiger partial charge in [-0.1, -0.05) is 58.0 Å². The number of rotatable bonds is 7. The van der Waals surface area contributed by atoms with Gasteiger partial charge in [0.15, 0.2) is 5.16 Å². The van der Waals surface area contributed by atoms with E-state index in [1.807, 2.05) is 49.4 Å². The van der Waals surface area contributed by atoms with Crippen LogP contribution in [0.25, 0.3) is 10.9 Å². The first-order chi connectivity index (χ1) is 14.4. The van der Waals surface area contributed by atoms with Gasteiger partial charge >= 0.3 is 0 Å². The van der Waals surface area contributed by atoms with Crippen LogP contribution < -0.4 is 10.9 Å². The van der Waals surface area contributed by atoms with E-state index in [2.05, 4.69) is 28.2 Å². The Morgan fingerprint density at radius 1 is 1.23 bits per heavy atom. The van der Waals surface area contributed by atoms with Crippen LogP contribution in [0.1, 0.15) is 38.3 Å². The summed E-state index contributed by atoms with van der Waals surface area (Å²) in [5, 5.41) is 4.19. The lowest BCUT2D eigenvalue weighted by Crippen LogP contribution is -2.35. The molecule has 0 radical (unpaired) electrons. The van der Waals surface area contributed by atoms with Crippen molar-refractivity contribution < 1.29 is 4.79 Å². The van der Waals surface area contributed by atoms with E-state index in [9.17, 15) is 9.59 Å². The third-order valence-electron chi connectivity index (χ3n) is 5.55. The minimum absolute atomic E-state index is 0.0246. The van der Waals surface area contributed by atoms with E-state index < -0.39 is 0 Å². The first-order valence-electron chi connectivity index (χ1n) is 10.1. The number of hydrogen-bond donors (Lipinski definition) is 1. The van der Waals surface area contributed by atoms with Crippen LogP contribution in [0, 0.1) is 5.92 Å². The molecule has 1 aliphatic carbocycles. The quantitative estimate of drug-likeness (QED) is 0.386. The SMILES string of the molecule is CC(NC(=O)CSc1nc2ccc(Br)cc2c(=O)n1C(C)c1ccccc1)C1CC1. The molecule has 5 nitrogen and oxygen atoms in total. The lowest BCUT2D eigenvalue weighted by Gasteiger charge is -2.20.